The number of amides is 2. The van der Waals surface area contributed by atoms with Crippen LogP contribution in [0.15, 0.2) is 146 Å². The molecule has 1 N–H and O–H groups in total. The molecule has 0 unspecified atom stereocenters. The number of Topliss-reactive ketones (excluding diaryl/α,β-unsaturated/α-hetero) is 1. The number of allylic oxidation sites excluding steroid dienone is 2. The molecule has 8 rings (SSSR count). The van der Waals surface area contributed by atoms with Gasteiger partial charge in [0.05, 0.1) is 33.9 Å². The number of benzene rings is 5. The molecule has 1 saturated carbocycles. The molecule has 46 heavy (non-hydrogen) atoms. The van der Waals surface area contributed by atoms with Crippen molar-refractivity contribution in [2.75, 3.05) is 4.90 Å². The van der Waals surface area contributed by atoms with Gasteiger partial charge in [-0.2, -0.15) is 0 Å². The predicted octanol–water partition coefficient (Wildman–Crippen LogP) is 6.57. The molecule has 5 aromatic rings. The minimum absolute atomic E-state index is 0.0409. The van der Waals surface area contributed by atoms with Gasteiger partial charge in [-0.25, -0.2) is 9.69 Å². The van der Waals surface area contributed by atoms with E-state index in [-0.39, 0.29) is 17.0 Å². The Bertz CT molecular complexity index is 1950. The number of nitrogens with zero attached hydrogens (tertiary/aromatic N) is 1. The number of hydrogen-bond donors (Lipinski definition) is 1. The van der Waals surface area contributed by atoms with Gasteiger partial charge in [0.1, 0.15) is 0 Å². The van der Waals surface area contributed by atoms with E-state index in [0.717, 1.165) is 22.3 Å². The van der Waals surface area contributed by atoms with E-state index in [4.69, 9.17) is 0 Å². The zero-order valence-corrected chi connectivity index (χ0v) is 24.5. The minimum atomic E-state index is -1.49. The maximum Gasteiger partial charge on any atom is 0.335 e. The Kier molecular flexibility index (Phi) is 6.06. The molecule has 222 valence electrons. The number of anilines is 1. The smallest absolute Gasteiger partial charge is 0.335 e. The van der Waals surface area contributed by atoms with Gasteiger partial charge in [-0.05, 0) is 57.7 Å². The predicted molar refractivity (Wildman–Crippen MR) is 174 cm³/mol. The van der Waals surface area contributed by atoms with Crippen LogP contribution in [-0.2, 0) is 25.2 Å². The largest absolute Gasteiger partial charge is 0.478 e. The van der Waals surface area contributed by atoms with Gasteiger partial charge < -0.3 is 5.11 Å². The van der Waals surface area contributed by atoms with Crippen molar-refractivity contribution in [2.24, 2.45) is 11.8 Å². The summed E-state index contributed by atoms with van der Waals surface area (Å²) in [5.74, 6) is -4.34. The summed E-state index contributed by atoms with van der Waals surface area (Å²) in [4.78, 5) is 58.5. The molecule has 0 spiro atoms. The number of carbonyl (C=O) groups is 4. The summed E-state index contributed by atoms with van der Waals surface area (Å²) in [6, 6.07) is 43.9. The molecule has 2 amide bonds. The van der Waals surface area contributed by atoms with Crippen molar-refractivity contribution in [2.45, 2.75) is 10.8 Å². The first-order valence-electron chi connectivity index (χ1n) is 15.2. The van der Waals surface area contributed by atoms with Crippen molar-refractivity contribution < 1.29 is 24.3 Å². The first-order valence-corrected chi connectivity index (χ1v) is 15.2. The van der Waals surface area contributed by atoms with E-state index < -0.39 is 40.4 Å². The lowest BCUT2D eigenvalue weighted by Crippen LogP contribution is -2.45. The summed E-state index contributed by atoms with van der Waals surface area (Å²) in [6.45, 7) is 0. The SMILES string of the molecule is O=C(O)c1ccc(N2C(=O)[C@H]3[C@H](C2=O)[C@@]2(c4ccccc4)C(=O)[C@@]3(c3ccccc3)C(c3ccccc3)=C2c2ccccc2)cc1. The Morgan fingerprint density at radius 2 is 0.891 bits per heavy atom. The third-order valence-corrected chi connectivity index (χ3v) is 9.95. The van der Waals surface area contributed by atoms with E-state index in [9.17, 15) is 19.5 Å². The van der Waals surface area contributed by atoms with Gasteiger partial charge in [-0.3, -0.25) is 14.4 Å². The molecule has 4 atom stereocenters. The highest BCUT2D eigenvalue weighted by Gasteiger charge is 2.82. The van der Waals surface area contributed by atoms with Crippen LogP contribution in [0.4, 0.5) is 5.69 Å². The van der Waals surface area contributed by atoms with Crippen LogP contribution in [0.1, 0.15) is 32.6 Å². The molecule has 1 saturated heterocycles. The first kappa shape index (κ1) is 27.7. The van der Waals surface area contributed by atoms with E-state index in [1.54, 1.807) is 0 Å². The molecule has 0 aromatic heterocycles. The van der Waals surface area contributed by atoms with E-state index in [1.807, 2.05) is 121 Å². The first-order chi connectivity index (χ1) is 22.4. The lowest BCUT2D eigenvalue weighted by atomic mass is 9.59. The molecule has 2 aliphatic carbocycles. The maximum absolute atomic E-state index is 15.8. The molecule has 5 aromatic carbocycles. The van der Waals surface area contributed by atoms with Gasteiger partial charge in [-0.15, -0.1) is 0 Å². The lowest BCUT2D eigenvalue weighted by Gasteiger charge is -2.39. The van der Waals surface area contributed by atoms with Crippen LogP contribution >= 0.6 is 0 Å². The molecule has 6 nitrogen and oxygen atoms in total. The fraction of sp³-hybridized carbons (Fsp3) is 0.100. The number of carboxylic acid groups (broad SMARTS) is 1. The summed E-state index contributed by atoms with van der Waals surface area (Å²) in [5.41, 5.74) is 1.71. The molecule has 1 heterocycles. The van der Waals surface area contributed by atoms with Crippen molar-refractivity contribution in [1.29, 1.82) is 0 Å². The van der Waals surface area contributed by atoms with Crippen molar-refractivity contribution in [1.82, 2.24) is 0 Å². The molecule has 3 aliphatic rings. The van der Waals surface area contributed by atoms with E-state index in [1.165, 1.54) is 29.2 Å². The number of carbonyl (C=O) groups excluding carboxylic acids is 3. The Hall–Kier alpha value is -5.88. The number of fused-ring (bicyclic) bond motifs is 5. The van der Waals surface area contributed by atoms with Gasteiger partial charge >= 0.3 is 5.97 Å². The Morgan fingerprint density at radius 3 is 1.26 bits per heavy atom. The highest BCUT2D eigenvalue weighted by molar-refractivity contribution is 6.39. The molecular weight excluding hydrogens is 574 g/mol. The van der Waals surface area contributed by atoms with Crippen molar-refractivity contribution in [3.05, 3.63) is 173 Å². The summed E-state index contributed by atoms with van der Waals surface area (Å²) in [7, 11) is 0. The number of rotatable bonds is 6. The average molecular weight is 602 g/mol. The normalized spacial score (nSPS) is 24.9. The average Bonchev–Trinajstić information content (AvgIpc) is 3.62. The van der Waals surface area contributed by atoms with E-state index >= 15 is 4.79 Å². The van der Waals surface area contributed by atoms with Crippen LogP contribution in [0.25, 0.3) is 11.1 Å². The fourth-order valence-electron chi connectivity index (χ4n) is 8.34. The number of hydrogen-bond acceptors (Lipinski definition) is 4. The zero-order valence-electron chi connectivity index (χ0n) is 24.5. The fourth-order valence-corrected chi connectivity index (χ4v) is 8.34. The number of carboxylic acids is 1. The highest BCUT2D eigenvalue weighted by Crippen LogP contribution is 2.74. The third kappa shape index (κ3) is 3.41. The summed E-state index contributed by atoms with van der Waals surface area (Å²) in [5, 5.41) is 9.49. The number of imide groups is 1. The number of ketones is 1. The summed E-state index contributed by atoms with van der Waals surface area (Å²) in [6.07, 6.45) is 0. The van der Waals surface area contributed by atoms with Crippen LogP contribution in [-0.4, -0.2) is 28.7 Å². The van der Waals surface area contributed by atoms with E-state index in [2.05, 4.69) is 0 Å². The van der Waals surface area contributed by atoms with Crippen LogP contribution in [0.5, 0.6) is 0 Å². The second kappa shape index (κ2) is 10.1. The highest BCUT2D eigenvalue weighted by atomic mass is 16.4. The Balaban J connectivity index is 1.52. The van der Waals surface area contributed by atoms with Gasteiger partial charge in [-0.1, -0.05) is 121 Å². The minimum Gasteiger partial charge on any atom is -0.478 e. The maximum atomic E-state index is 15.8. The molecule has 6 heteroatoms. The summed E-state index contributed by atoms with van der Waals surface area (Å²) >= 11 is 0. The molecule has 2 fully saturated rings. The number of aromatic carboxylic acids is 1. The zero-order chi connectivity index (χ0) is 31.6. The second-order valence-electron chi connectivity index (χ2n) is 12.0. The molecule has 1 aliphatic heterocycles. The topological polar surface area (TPSA) is 91.8 Å². The summed E-state index contributed by atoms with van der Waals surface area (Å²) < 4.78 is 0. The van der Waals surface area contributed by atoms with E-state index in [0.29, 0.717) is 11.1 Å². The standard InChI is InChI=1S/C40H27NO5/c42-35-33-34(36(43)41(35)30-23-21-27(22-24-30)37(44)45)40(29-19-11-4-12-20-29)32(26-15-7-2-8-16-26)31(25-13-5-1-6-14-25)39(33,38(40)46)28-17-9-3-10-18-28/h1-24,33-34H,(H,44,45)/t33-,34-,39+,40+/m1/s1. The van der Waals surface area contributed by atoms with Crippen LogP contribution in [0.3, 0.4) is 0 Å². The molecular formula is C40H27NO5. The van der Waals surface area contributed by atoms with Crippen molar-refractivity contribution in [3.63, 3.8) is 0 Å². The molecule has 2 bridgehead atoms. The van der Waals surface area contributed by atoms with Crippen molar-refractivity contribution >= 4 is 40.4 Å². The Morgan fingerprint density at radius 1 is 0.522 bits per heavy atom. The molecule has 0 radical (unpaired) electrons. The van der Waals surface area contributed by atoms with Crippen molar-refractivity contribution in [3.8, 4) is 0 Å². The lowest BCUT2D eigenvalue weighted by molar-refractivity contribution is -0.130. The van der Waals surface area contributed by atoms with Crippen LogP contribution in [0.2, 0.25) is 0 Å². The van der Waals surface area contributed by atoms with Gasteiger partial charge in [0.25, 0.3) is 0 Å². The Labute approximate surface area is 265 Å². The quantitative estimate of drug-likeness (QED) is 0.222. The van der Waals surface area contributed by atoms with Gasteiger partial charge in [0.15, 0.2) is 5.78 Å². The van der Waals surface area contributed by atoms with Gasteiger partial charge in [0.2, 0.25) is 11.8 Å². The van der Waals surface area contributed by atoms with Crippen LogP contribution < -0.4 is 4.90 Å². The third-order valence-electron chi connectivity index (χ3n) is 9.95. The van der Waals surface area contributed by atoms with Crippen LogP contribution in [0, 0.1) is 11.8 Å². The second-order valence-corrected chi connectivity index (χ2v) is 12.0. The van der Waals surface area contributed by atoms with Gasteiger partial charge in [0, 0.05) is 0 Å². The monoisotopic (exact) mass is 601 g/mol.